The van der Waals surface area contributed by atoms with E-state index in [0.29, 0.717) is 0 Å². The van der Waals surface area contributed by atoms with E-state index < -0.39 is 0 Å². The first-order valence-corrected chi connectivity index (χ1v) is 4.17. The van der Waals surface area contributed by atoms with Gasteiger partial charge in [-0.1, -0.05) is 32.3 Å². The van der Waals surface area contributed by atoms with Crippen LogP contribution in [0.2, 0.25) is 0 Å². The Bertz CT molecular complexity index is 191. The van der Waals surface area contributed by atoms with Gasteiger partial charge >= 0.3 is 18.9 Å². The third-order valence-electron chi connectivity index (χ3n) is 1.62. The van der Waals surface area contributed by atoms with Gasteiger partial charge in [0.05, 0.1) is 0 Å². The molecule has 0 nitrogen and oxygen atoms in total. The van der Waals surface area contributed by atoms with Crippen molar-refractivity contribution in [2.45, 2.75) is 20.3 Å². The maximum absolute atomic E-state index is 2.28. The van der Waals surface area contributed by atoms with Crippen molar-refractivity contribution in [3.05, 3.63) is 42.3 Å². The zero-order valence-corrected chi connectivity index (χ0v) is 8.25. The molecule has 0 saturated carbocycles. The van der Waals surface area contributed by atoms with E-state index in [0.717, 1.165) is 5.92 Å². The maximum atomic E-state index is 2.28. The minimum absolute atomic E-state index is 0. The second-order valence-electron chi connectivity index (χ2n) is 3.24. The molecule has 0 spiro atoms. The van der Waals surface area contributed by atoms with Crippen molar-refractivity contribution in [2.75, 3.05) is 0 Å². The third-order valence-corrected chi connectivity index (χ3v) is 1.62. The first-order valence-electron chi connectivity index (χ1n) is 4.17. The molecule has 0 aliphatic heterocycles. The molecule has 1 aromatic rings. The van der Waals surface area contributed by atoms with Crippen molar-refractivity contribution < 1.29 is 18.9 Å². The van der Waals surface area contributed by atoms with E-state index >= 15 is 0 Å². The number of rotatable bonds is 3. The van der Waals surface area contributed by atoms with Crippen LogP contribution < -0.4 is 18.9 Å². The van der Waals surface area contributed by atoms with E-state index in [1.54, 1.807) is 0 Å². The molecule has 0 atom stereocenters. The molecule has 1 rings (SSSR count). The van der Waals surface area contributed by atoms with Crippen molar-refractivity contribution in [2.24, 2.45) is 5.92 Å². The van der Waals surface area contributed by atoms with Gasteiger partial charge in [0.2, 0.25) is 0 Å². The van der Waals surface area contributed by atoms with E-state index in [1.165, 1.54) is 12.0 Å². The van der Waals surface area contributed by atoms with Crippen LogP contribution in [0.25, 0.3) is 0 Å². The zero-order chi connectivity index (χ0) is 8.10. The molecule has 60 valence electrons. The van der Waals surface area contributed by atoms with Crippen LogP contribution in [0.5, 0.6) is 0 Å². The SMILES string of the molecule is CC(C)C[CH-]c1ccccc1.[Li+]. The molecule has 0 aliphatic rings. The van der Waals surface area contributed by atoms with Gasteiger partial charge in [0.25, 0.3) is 0 Å². The molecule has 0 N–H and O–H groups in total. The van der Waals surface area contributed by atoms with E-state index in [9.17, 15) is 0 Å². The second-order valence-corrected chi connectivity index (χ2v) is 3.24. The Labute approximate surface area is 87.6 Å². The quantitative estimate of drug-likeness (QED) is 0.433. The van der Waals surface area contributed by atoms with Crippen LogP contribution in [-0.4, -0.2) is 0 Å². The topological polar surface area (TPSA) is 0 Å². The minimum Gasteiger partial charge on any atom is -0.192 e. The number of hydrogen-bond donors (Lipinski definition) is 0. The monoisotopic (exact) mass is 154 g/mol. The molecule has 1 heteroatoms. The molecular weight excluding hydrogens is 139 g/mol. The predicted molar refractivity (Wildman–Crippen MR) is 49.3 cm³/mol. The predicted octanol–water partition coefficient (Wildman–Crippen LogP) is 0.289. The fraction of sp³-hybridized carbons (Fsp3) is 0.364. The van der Waals surface area contributed by atoms with Gasteiger partial charge in [0.15, 0.2) is 0 Å². The minimum atomic E-state index is 0. The molecule has 12 heavy (non-hydrogen) atoms. The Kier molecular flexibility index (Phi) is 6.07. The molecule has 0 aromatic heterocycles. The Hall–Kier alpha value is -0.313. The molecule has 0 fully saturated rings. The van der Waals surface area contributed by atoms with E-state index in [4.69, 9.17) is 0 Å². The van der Waals surface area contributed by atoms with E-state index in [-0.39, 0.29) is 18.9 Å². The summed E-state index contributed by atoms with van der Waals surface area (Å²) in [6.07, 6.45) is 3.45. The summed E-state index contributed by atoms with van der Waals surface area (Å²) in [7, 11) is 0. The Balaban J connectivity index is 0.00000121. The van der Waals surface area contributed by atoms with Gasteiger partial charge in [-0.3, -0.25) is 0 Å². The van der Waals surface area contributed by atoms with Crippen molar-refractivity contribution in [1.82, 2.24) is 0 Å². The van der Waals surface area contributed by atoms with E-state index in [2.05, 4.69) is 44.5 Å². The van der Waals surface area contributed by atoms with Crippen LogP contribution in [0.4, 0.5) is 0 Å². The van der Waals surface area contributed by atoms with Crippen molar-refractivity contribution in [1.29, 1.82) is 0 Å². The van der Waals surface area contributed by atoms with Gasteiger partial charge < -0.3 is 0 Å². The Morgan fingerprint density at radius 3 is 2.25 bits per heavy atom. The smallest absolute Gasteiger partial charge is 0.192 e. The van der Waals surface area contributed by atoms with Gasteiger partial charge in [-0.2, -0.15) is 24.1 Å². The van der Waals surface area contributed by atoms with Crippen LogP contribution >= 0.6 is 0 Å². The first-order chi connectivity index (χ1) is 5.29. The Morgan fingerprint density at radius 1 is 1.17 bits per heavy atom. The fourth-order valence-electron chi connectivity index (χ4n) is 0.961. The molecule has 0 heterocycles. The Morgan fingerprint density at radius 2 is 1.75 bits per heavy atom. The molecule has 0 bridgehead atoms. The summed E-state index contributed by atoms with van der Waals surface area (Å²) in [5.41, 5.74) is 1.33. The molecule has 1 aromatic carbocycles. The van der Waals surface area contributed by atoms with Crippen LogP contribution in [0.3, 0.4) is 0 Å². The standard InChI is InChI=1S/C11H15.Li/c1-10(2)8-9-11-6-4-3-5-7-11;/h3-7,9-10H,8H2,1-2H3;/q-1;+1. The molecule has 0 aliphatic carbocycles. The van der Waals surface area contributed by atoms with Crippen molar-refractivity contribution in [3.8, 4) is 0 Å². The maximum Gasteiger partial charge on any atom is 1.00 e. The summed E-state index contributed by atoms with van der Waals surface area (Å²) in [6.45, 7) is 4.47. The van der Waals surface area contributed by atoms with Gasteiger partial charge in [-0.05, 0) is 0 Å². The third kappa shape index (κ3) is 4.54. The molecular formula is C11H15Li. The fourth-order valence-corrected chi connectivity index (χ4v) is 0.961. The molecule has 0 unspecified atom stereocenters. The average Bonchev–Trinajstić information content (AvgIpc) is 2.03. The summed E-state index contributed by atoms with van der Waals surface area (Å²) in [4.78, 5) is 0. The zero-order valence-electron chi connectivity index (χ0n) is 8.25. The van der Waals surface area contributed by atoms with Crippen LogP contribution in [0.15, 0.2) is 30.3 Å². The summed E-state index contributed by atoms with van der Waals surface area (Å²) in [6, 6.07) is 10.5. The molecule has 0 saturated heterocycles. The summed E-state index contributed by atoms with van der Waals surface area (Å²) >= 11 is 0. The van der Waals surface area contributed by atoms with Crippen molar-refractivity contribution in [3.63, 3.8) is 0 Å². The average molecular weight is 154 g/mol. The largest absolute Gasteiger partial charge is 1.00 e. The normalized spacial score (nSPS) is 9.25. The summed E-state index contributed by atoms with van der Waals surface area (Å²) in [5.74, 6) is 0.759. The number of benzene rings is 1. The summed E-state index contributed by atoms with van der Waals surface area (Å²) in [5, 5.41) is 0. The van der Waals surface area contributed by atoms with E-state index in [1.807, 2.05) is 6.07 Å². The number of hydrogen-bond acceptors (Lipinski definition) is 0. The van der Waals surface area contributed by atoms with Gasteiger partial charge in [-0.25, -0.2) is 0 Å². The van der Waals surface area contributed by atoms with Crippen LogP contribution in [0.1, 0.15) is 25.8 Å². The first kappa shape index (κ1) is 11.7. The van der Waals surface area contributed by atoms with Gasteiger partial charge in [-0.15, -0.1) is 12.1 Å². The van der Waals surface area contributed by atoms with Gasteiger partial charge in [0.1, 0.15) is 0 Å². The van der Waals surface area contributed by atoms with Crippen LogP contribution in [-0.2, 0) is 0 Å². The molecule has 0 amide bonds. The van der Waals surface area contributed by atoms with Crippen LogP contribution in [0, 0.1) is 12.3 Å². The second kappa shape index (κ2) is 6.23. The van der Waals surface area contributed by atoms with Crippen molar-refractivity contribution >= 4 is 0 Å². The molecule has 0 radical (unpaired) electrons. The summed E-state index contributed by atoms with van der Waals surface area (Å²) < 4.78 is 0. The van der Waals surface area contributed by atoms with Gasteiger partial charge in [0, 0.05) is 0 Å².